The van der Waals surface area contributed by atoms with Crippen molar-refractivity contribution in [3.05, 3.63) is 122 Å². The highest BCUT2D eigenvalue weighted by molar-refractivity contribution is 7.47. The molecular weight excluding hydrogens is 1380 g/mol. The molecule has 0 amide bonds. The number of phosphoric acid groups is 2. The molecule has 0 saturated carbocycles. The fourth-order valence-corrected chi connectivity index (χ4v) is 12.7. The first-order valence-corrected chi connectivity index (χ1v) is 44.8. The molecule has 0 aliphatic carbocycles. The molecule has 0 aromatic carbocycles. The summed E-state index contributed by atoms with van der Waals surface area (Å²) in [5.41, 5.74) is 0. The van der Waals surface area contributed by atoms with Gasteiger partial charge in [-0.1, -0.05) is 310 Å². The Morgan fingerprint density at radius 2 is 0.491 bits per heavy atom. The summed E-state index contributed by atoms with van der Waals surface area (Å²) in [5.74, 6) is -2.22. The summed E-state index contributed by atoms with van der Waals surface area (Å²) < 4.78 is 68.7. The molecular formula is C87H150O17P2. The molecule has 5 unspecified atom stereocenters. The van der Waals surface area contributed by atoms with Crippen molar-refractivity contribution >= 4 is 39.5 Å². The lowest BCUT2D eigenvalue weighted by Gasteiger charge is -2.21. The lowest BCUT2D eigenvalue weighted by Crippen LogP contribution is -2.30. The maximum Gasteiger partial charge on any atom is 0.472 e. The molecule has 0 bridgehead atoms. The third-order valence-corrected chi connectivity index (χ3v) is 19.3. The van der Waals surface area contributed by atoms with E-state index in [0.717, 1.165) is 186 Å². The van der Waals surface area contributed by atoms with E-state index in [1.54, 1.807) is 0 Å². The van der Waals surface area contributed by atoms with Crippen molar-refractivity contribution in [2.75, 3.05) is 39.6 Å². The number of unbranched alkanes of at least 4 members (excludes halogenated alkanes) is 32. The second-order valence-corrected chi connectivity index (χ2v) is 30.6. The highest BCUT2D eigenvalue weighted by Crippen LogP contribution is 2.45. The number of hydrogen-bond acceptors (Lipinski definition) is 15. The fraction of sp³-hybridized carbons (Fsp3) is 0.724. The van der Waals surface area contributed by atoms with Gasteiger partial charge >= 0.3 is 39.5 Å². The van der Waals surface area contributed by atoms with Crippen molar-refractivity contribution in [3.8, 4) is 0 Å². The van der Waals surface area contributed by atoms with E-state index in [9.17, 15) is 43.2 Å². The first kappa shape index (κ1) is 101. The minimum atomic E-state index is -4.99. The average molecular weight is 1530 g/mol. The number of aliphatic hydroxyl groups excluding tert-OH is 1. The Morgan fingerprint density at radius 1 is 0.274 bits per heavy atom. The minimum absolute atomic E-state index is 0.0738. The zero-order valence-electron chi connectivity index (χ0n) is 66.8. The van der Waals surface area contributed by atoms with Gasteiger partial charge in [0.05, 0.1) is 26.4 Å². The smallest absolute Gasteiger partial charge is 0.462 e. The van der Waals surface area contributed by atoms with Crippen molar-refractivity contribution in [2.45, 2.75) is 367 Å². The van der Waals surface area contributed by atoms with Crippen molar-refractivity contribution in [1.29, 1.82) is 0 Å². The summed E-state index contributed by atoms with van der Waals surface area (Å²) in [6.07, 6.45) is 87.3. The molecule has 0 spiro atoms. The van der Waals surface area contributed by atoms with Gasteiger partial charge in [-0.3, -0.25) is 37.3 Å². The third kappa shape index (κ3) is 77.6. The molecule has 5 atom stereocenters. The number of carbonyl (C=O) groups is 4. The third-order valence-electron chi connectivity index (χ3n) is 17.4. The molecule has 0 saturated heterocycles. The van der Waals surface area contributed by atoms with Crippen LogP contribution in [0.15, 0.2) is 122 Å². The first-order chi connectivity index (χ1) is 51.7. The topological polar surface area (TPSA) is 237 Å². The number of rotatable bonds is 78. The van der Waals surface area contributed by atoms with Crippen LogP contribution >= 0.6 is 15.6 Å². The molecule has 0 aliphatic heterocycles. The molecule has 0 aliphatic rings. The van der Waals surface area contributed by atoms with Gasteiger partial charge in [-0.25, -0.2) is 9.13 Å². The Morgan fingerprint density at radius 3 is 0.774 bits per heavy atom. The van der Waals surface area contributed by atoms with Gasteiger partial charge in [0.25, 0.3) is 0 Å². The molecule has 0 aromatic rings. The summed E-state index contributed by atoms with van der Waals surface area (Å²) in [6.45, 7) is 4.61. The largest absolute Gasteiger partial charge is 0.472 e. The maximum absolute atomic E-state index is 13.1. The van der Waals surface area contributed by atoms with Crippen molar-refractivity contribution in [3.63, 3.8) is 0 Å². The van der Waals surface area contributed by atoms with E-state index in [1.165, 1.54) is 83.5 Å². The van der Waals surface area contributed by atoms with Gasteiger partial charge in [0, 0.05) is 25.7 Å². The predicted octanol–water partition coefficient (Wildman–Crippen LogP) is 24.7. The number of carbonyl (C=O) groups excluding carboxylic acids is 4. The second kappa shape index (κ2) is 78.6. The van der Waals surface area contributed by atoms with E-state index in [-0.39, 0.29) is 25.7 Å². The van der Waals surface area contributed by atoms with Crippen molar-refractivity contribution in [1.82, 2.24) is 0 Å². The number of esters is 4. The van der Waals surface area contributed by atoms with Crippen LogP contribution in [0.2, 0.25) is 0 Å². The molecule has 0 heterocycles. The van der Waals surface area contributed by atoms with Gasteiger partial charge in [0.2, 0.25) is 0 Å². The van der Waals surface area contributed by atoms with E-state index < -0.39 is 97.5 Å². The van der Waals surface area contributed by atoms with Crippen LogP contribution in [0, 0.1) is 0 Å². The van der Waals surface area contributed by atoms with Crippen LogP contribution < -0.4 is 0 Å². The van der Waals surface area contributed by atoms with E-state index in [4.69, 9.17) is 37.0 Å². The van der Waals surface area contributed by atoms with Gasteiger partial charge in [-0.2, -0.15) is 0 Å². The standard InChI is InChI=1S/C87H150O17P2/c1-5-9-13-17-21-25-29-33-37-39-40-42-46-48-52-56-60-64-68-72-85(90)98-78-83(104-87(92)74-70-66-62-58-54-50-44-36-32-28-24-20-16-12-8-4)80-102-106(95,96)100-76-81(88)75-99-105(93,94)101-79-82(103-86(91)73-69-65-61-57-53-49-43-35-31-27-23-19-15-11-7-3)77-97-84(89)71-67-63-59-55-51-47-45-41-38-34-30-26-22-18-14-10-6-2/h9-10,13-14,21-22,24-26,28,33-34,36-38,40,42,44-45,47,81-83,88H,5-8,11-12,15-20,23,27,29-32,35,39,41,43,46,48-80H2,1-4H3,(H,93,94)(H,95,96)/b13-9-,14-10-,25-21-,26-22-,28-24-,37-33-,38-34-,42-40-,44-36-,47-45-. The van der Waals surface area contributed by atoms with Crippen molar-refractivity contribution in [2.24, 2.45) is 0 Å². The van der Waals surface area contributed by atoms with Gasteiger partial charge in [-0.15, -0.1) is 0 Å². The van der Waals surface area contributed by atoms with Gasteiger partial charge < -0.3 is 33.8 Å². The van der Waals surface area contributed by atoms with Crippen LogP contribution in [-0.2, 0) is 65.4 Å². The SMILES string of the molecule is CC/C=C\C/C=C\C/C=C\C/C=C\CCCCCCCCC(=O)OCC(COP(=O)(O)OCC(O)COP(=O)(O)OCC(COC(=O)CCCCCC/C=C\C/C=C\C/C=C\C/C=C\CC)OC(=O)CCCCCCCCCCCCCCCCC)OC(=O)CCCCCCC/C=C\C/C=C\CCCCC. The minimum Gasteiger partial charge on any atom is -0.462 e. The number of allylic oxidation sites excluding steroid dienone is 20. The summed E-state index contributed by atoms with van der Waals surface area (Å²) in [4.78, 5) is 73.2. The molecule has 3 N–H and O–H groups in total. The van der Waals surface area contributed by atoms with Crippen LogP contribution in [-0.4, -0.2) is 96.7 Å². The van der Waals surface area contributed by atoms with Crippen LogP contribution in [0.4, 0.5) is 0 Å². The Labute approximate surface area is 644 Å². The molecule has 0 fully saturated rings. The molecule has 0 radical (unpaired) electrons. The zero-order chi connectivity index (χ0) is 77.4. The quantitative estimate of drug-likeness (QED) is 0.0169. The fourth-order valence-electron chi connectivity index (χ4n) is 11.1. The van der Waals surface area contributed by atoms with E-state index in [0.29, 0.717) is 25.7 Å². The van der Waals surface area contributed by atoms with Crippen LogP contribution in [0.25, 0.3) is 0 Å². The Balaban J connectivity index is 5.39. The van der Waals surface area contributed by atoms with Crippen LogP contribution in [0.3, 0.4) is 0 Å². The number of phosphoric ester groups is 2. The Bertz CT molecular complexity index is 2480. The number of hydrogen-bond donors (Lipinski definition) is 3. The highest BCUT2D eigenvalue weighted by Gasteiger charge is 2.30. The zero-order valence-corrected chi connectivity index (χ0v) is 68.6. The van der Waals surface area contributed by atoms with E-state index in [1.807, 2.05) is 0 Å². The number of ether oxygens (including phenoxy) is 4. The van der Waals surface area contributed by atoms with Crippen LogP contribution in [0.5, 0.6) is 0 Å². The normalized spacial score (nSPS) is 14.4. The van der Waals surface area contributed by atoms with Crippen LogP contribution in [0.1, 0.15) is 349 Å². The molecule has 106 heavy (non-hydrogen) atoms. The lowest BCUT2D eigenvalue weighted by atomic mass is 10.0. The second-order valence-electron chi connectivity index (χ2n) is 27.7. The lowest BCUT2D eigenvalue weighted by molar-refractivity contribution is -0.161. The monoisotopic (exact) mass is 1530 g/mol. The van der Waals surface area contributed by atoms with Gasteiger partial charge in [0.15, 0.2) is 12.2 Å². The summed E-state index contributed by atoms with van der Waals surface area (Å²) >= 11 is 0. The summed E-state index contributed by atoms with van der Waals surface area (Å²) in [7, 11) is -9.98. The van der Waals surface area contributed by atoms with E-state index in [2.05, 4.69) is 149 Å². The van der Waals surface area contributed by atoms with Crippen molar-refractivity contribution < 1.29 is 80.2 Å². The Kier molecular flexibility index (Phi) is 75.2. The highest BCUT2D eigenvalue weighted by atomic mass is 31.2. The maximum atomic E-state index is 13.1. The molecule has 0 rings (SSSR count). The Hall–Kier alpha value is -4.54. The summed E-state index contributed by atoms with van der Waals surface area (Å²) in [5, 5.41) is 10.7. The predicted molar refractivity (Wildman–Crippen MR) is 436 cm³/mol. The average Bonchev–Trinajstić information content (AvgIpc) is 0.909. The van der Waals surface area contributed by atoms with E-state index >= 15 is 0 Å². The molecule has 19 heteroatoms. The van der Waals surface area contributed by atoms with Gasteiger partial charge in [-0.05, 0) is 135 Å². The summed E-state index contributed by atoms with van der Waals surface area (Å²) in [6, 6.07) is 0. The number of aliphatic hydroxyl groups is 1. The van der Waals surface area contributed by atoms with Gasteiger partial charge in [0.1, 0.15) is 19.3 Å². The molecule has 17 nitrogen and oxygen atoms in total. The first-order valence-electron chi connectivity index (χ1n) is 41.8. The molecule has 610 valence electrons. The molecule has 0 aromatic heterocycles.